The van der Waals surface area contributed by atoms with E-state index >= 15 is 0 Å². The van der Waals surface area contributed by atoms with Gasteiger partial charge in [0.25, 0.3) is 5.56 Å². The van der Waals surface area contributed by atoms with Crippen LogP contribution < -0.4 is 15.6 Å². The number of allylic oxidation sites excluding steroid dienone is 1. The molecule has 2 N–H and O–H groups in total. The minimum atomic E-state index is -0.505. The molecular weight excluding hydrogens is 466 g/mol. The molecule has 2 aliphatic heterocycles. The summed E-state index contributed by atoms with van der Waals surface area (Å²) in [6, 6.07) is 20.9. The Morgan fingerprint density at radius 2 is 1.86 bits per heavy atom. The van der Waals surface area contributed by atoms with E-state index in [1.165, 1.54) is 0 Å². The van der Waals surface area contributed by atoms with Crippen molar-refractivity contribution in [2.75, 3.05) is 13.7 Å². The molecule has 4 atom stereocenters. The summed E-state index contributed by atoms with van der Waals surface area (Å²) < 4.78 is 7.41. The number of hydrogen-bond acceptors (Lipinski definition) is 5. The van der Waals surface area contributed by atoms with Gasteiger partial charge >= 0.3 is 0 Å². The fourth-order valence-electron chi connectivity index (χ4n) is 6.00. The van der Waals surface area contributed by atoms with Gasteiger partial charge in [-0.05, 0) is 30.7 Å². The average Bonchev–Trinajstić information content (AvgIpc) is 3.13. The standard InChI is InChI=1S/C30H33N3O4/c1-3-9-21-14-15-24-28-27(29(35)31-16-20-10-5-4-6-11-20)23(19-34)25(18-33(24)30(21)36)32(28)17-22-12-7-8-13-26(22)37-2/h3-15,23,25,27-28,34H,16-19H2,1-2H3,(H,31,35)/b9-3-/t23-,25-,27+,28+/m1/s1. The number of ether oxygens (including phenoxy) is 1. The van der Waals surface area contributed by atoms with Gasteiger partial charge < -0.3 is 19.7 Å². The molecule has 0 saturated carbocycles. The predicted octanol–water partition coefficient (Wildman–Crippen LogP) is 3.37. The van der Waals surface area contributed by atoms with Crippen LogP contribution in [-0.4, -0.2) is 40.2 Å². The number of nitrogens with zero attached hydrogens (tertiary/aromatic N) is 2. The third-order valence-corrected chi connectivity index (χ3v) is 7.70. The van der Waals surface area contributed by atoms with Crippen molar-refractivity contribution in [1.82, 2.24) is 14.8 Å². The van der Waals surface area contributed by atoms with E-state index in [1.807, 2.05) is 85.8 Å². The molecule has 2 bridgehead atoms. The Morgan fingerprint density at radius 3 is 2.59 bits per heavy atom. The van der Waals surface area contributed by atoms with Crippen molar-refractivity contribution in [3.63, 3.8) is 0 Å². The van der Waals surface area contributed by atoms with Gasteiger partial charge in [0, 0.05) is 55.0 Å². The van der Waals surface area contributed by atoms with E-state index in [0.717, 1.165) is 22.6 Å². The van der Waals surface area contributed by atoms with E-state index in [-0.39, 0.29) is 36.1 Å². The van der Waals surface area contributed by atoms with Crippen molar-refractivity contribution in [1.29, 1.82) is 0 Å². The molecule has 1 saturated heterocycles. The zero-order chi connectivity index (χ0) is 25.9. The summed E-state index contributed by atoms with van der Waals surface area (Å²) in [7, 11) is 1.65. The molecule has 3 aromatic rings. The number of aliphatic hydroxyl groups excluding tert-OH is 1. The first-order valence-corrected chi connectivity index (χ1v) is 12.7. The van der Waals surface area contributed by atoms with E-state index < -0.39 is 5.92 Å². The van der Waals surface area contributed by atoms with Crippen molar-refractivity contribution in [3.8, 4) is 5.75 Å². The van der Waals surface area contributed by atoms with Crippen LogP contribution >= 0.6 is 0 Å². The molecule has 0 spiro atoms. The van der Waals surface area contributed by atoms with Crippen molar-refractivity contribution in [2.24, 2.45) is 11.8 Å². The summed E-state index contributed by atoms with van der Waals surface area (Å²) in [5.74, 6) is -0.160. The van der Waals surface area contributed by atoms with Crippen LogP contribution in [0.2, 0.25) is 0 Å². The number of carbonyl (C=O) groups is 1. The van der Waals surface area contributed by atoms with Crippen molar-refractivity contribution in [2.45, 2.75) is 38.6 Å². The SMILES string of the molecule is C/C=C\c1ccc2n(c1=O)C[C@@H]1[C@@H](CO)[C@H](C(=O)NCc3ccccc3)[C@H]2N1Cc1ccccc1OC. The Bertz CT molecular complexity index is 1350. The number of fused-ring (bicyclic) bond motifs is 4. The second-order valence-corrected chi connectivity index (χ2v) is 9.70. The highest BCUT2D eigenvalue weighted by atomic mass is 16.5. The van der Waals surface area contributed by atoms with Crippen LogP contribution in [-0.2, 0) is 24.4 Å². The quantitative estimate of drug-likeness (QED) is 0.497. The van der Waals surface area contributed by atoms with Gasteiger partial charge in [-0.25, -0.2) is 0 Å². The minimum Gasteiger partial charge on any atom is -0.496 e. The van der Waals surface area contributed by atoms with Gasteiger partial charge in [0.1, 0.15) is 5.75 Å². The number of nitrogens with one attached hydrogen (secondary N) is 1. The lowest BCUT2D eigenvalue weighted by atomic mass is 9.86. The van der Waals surface area contributed by atoms with Gasteiger partial charge in [0.05, 0.1) is 19.1 Å². The lowest BCUT2D eigenvalue weighted by Gasteiger charge is -2.38. The van der Waals surface area contributed by atoms with Gasteiger partial charge in [-0.2, -0.15) is 0 Å². The average molecular weight is 500 g/mol. The molecule has 2 aliphatic rings. The molecule has 1 aromatic heterocycles. The maximum atomic E-state index is 13.7. The lowest BCUT2D eigenvalue weighted by Crippen LogP contribution is -2.46. The monoisotopic (exact) mass is 499 g/mol. The minimum absolute atomic E-state index is 0.0652. The Morgan fingerprint density at radius 1 is 1.11 bits per heavy atom. The van der Waals surface area contributed by atoms with Gasteiger partial charge in [-0.15, -0.1) is 0 Å². The molecule has 0 aliphatic carbocycles. The van der Waals surface area contributed by atoms with E-state index in [4.69, 9.17) is 4.74 Å². The first-order chi connectivity index (χ1) is 18.1. The lowest BCUT2D eigenvalue weighted by molar-refractivity contribution is -0.127. The van der Waals surface area contributed by atoms with Gasteiger partial charge in [-0.3, -0.25) is 14.5 Å². The predicted molar refractivity (Wildman–Crippen MR) is 143 cm³/mol. The van der Waals surface area contributed by atoms with Crippen LogP contribution in [0.1, 0.15) is 35.3 Å². The molecule has 37 heavy (non-hydrogen) atoms. The topological polar surface area (TPSA) is 83.8 Å². The summed E-state index contributed by atoms with van der Waals surface area (Å²) >= 11 is 0. The maximum absolute atomic E-state index is 13.7. The first kappa shape index (κ1) is 25.0. The normalized spacial score (nSPS) is 22.7. The molecular formula is C30H33N3O4. The van der Waals surface area contributed by atoms with Crippen LogP contribution in [0.15, 0.2) is 77.6 Å². The zero-order valence-electron chi connectivity index (χ0n) is 21.2. The first-order valence-electron chi connectivity index (χ1n) is 12.7. The Labute approximate surface area is 217 Å². The molecule has 5 rings (SSSR count). The zero-order valence-corrected chi connectivity index (χ0v) is 21.2. The third kappa shape index (κ3) is 4.61. The van der Waals surface area contributed by atoms with E-state index in [1.54, 1.807) is 11.7 Å². The van der Waals surface area contributed by atoms with Crippen molar-refractivity contribution >= 4 is 12.0 Å². The van der Waals surface area contributed by atoms with Crippen LogP contribution in [0, 0.1) is 11.8 Å². The Hall–Kier alpha value is -3.68. The summed E-state index contributed by atoms with van der Waals surface area (Å²) in [5.41, 5.74) is 3.37. The molecule has 3 heterocycles. The fraction of sp³-hybridized carbons (Fsp3) is 0.333. The largest absolute Gasteiger partial charge is 0.496 e. The molecule has 2 aromatic carbocycles. The van der Waals surface area contributed by atoms with Gasteiger partial charge in [0.15, 0.2) is 0 Å². The number of aliphatic hydroxyl groups is 1. The van der Waals surface area contributed by atoms with Gasteiger partial charge in [-0.1, -0.05) is 60.7 Å². The summed E-state index contributed by atoms with van der Waals surface area (Å²) in [6.07, 6.45) is 3.66. The number of benzene rings is 2. The van der Waals surface area contributed by atoms with Crippen molar-refractivity contribution in [3.05, 3.63) is 106 Å². The van der Waals surface area contributed by atoms with Crippen LogP contribution in [0.5, 0.6) is 5.75 Å². The number of para-hydroxylation sites is 1. The molecule has 0 unspecified atom stereocenters. The van der Waals surface area contributed by atoms with Crippen LogP contribution in [0.4, 0.5) is 0 Å². The fourth-order valence-corrected chi connectivity index (χ4v) is 6.00. The van der Waals surface area contributed by atoms with Gasteiger partial charge in [0.2, 0.25) is 5.91 Å². The number of carbonyl (C=O) groups excluding carboxylic acids is 1. The van der Waals surface area contributed by atoms with E-state index in [9.17, 15) is 14.7 Å². The Kier molecular flexibility index (Phi) is 7.26. The number of hydrogen-bond donors (Lipinski definition) is 2. The second-order valence-electron chi connectivity index (χ2n) is 9.70. The van der Waals surface area contributed by atoms with E-state index in [0.29, 0.717) is 25.2 Å². The molecule has 7 heteroatoms. The smallest absolute Gasteiger partial charge is 0.258 e. The number of aromatic nitrogens is 1. The molecule has 1 amide bonds. The van der Waals surface area contributed by atoms with Crippen LogP contribution in [0.25, 0.3) is 6.08 Å². The highest BCUT2D eigenvalue weighted by Crippen LogP contribution is 2.49. The van der Waals surface area contributed by atoms with E-state index in [2.05, 4.69) is 10.2 Å². The number of pyridine rings is 1. The van der Waals surface area contributed by atoms with Crippen LogP contribution in [0.3, 0.4) is 0 Å². The summed E-state index contributed by atoms with van der Waals surface area (Å²) in [6.45, 7) is 3.11. The number of amides is 1. The highest BCUT2D eigenvalue weighted by molar-refractivity contribution is 5.80. The number of rotatable bonds is 8. The summed E-state index contributed by atoms with van der Waals surface area (Å²) in [5, 5.41) is 13.7. The summed E-state index contributed by atoms with van der Waals surface area (Å²) in [4.78, 5) is 29.4. The Balaban J connectivity index is 1.55. The molecule has 1 fully saturated rings. The molecule has 7 nitrogen and oxygen atoms in total. The third-order valence-electron chi connectivity index (χ3n) is 7.70. The number of methoxy groups -OCH3 is 1. The second kappa shape index (κ2) is 10.7. The maximum Gasteiger partial charge on any atom is 0.258 e. The molecule has 0 radical (unpaired) electrons. The van der Waals surface area contributed by atoms with Crippen molar-refractivity contribution < 1.29 is 14.6 Å². The highest BCUT2D eigenvalue weighted by Gasteiger charge is 2.55. The molecule has 192 valence electrons.